The highest BCUT2D eigenvalue weighted by Crippen LogP contribution is 2.43. The van der Waals surface area contributed by atoms with Crippen LogP contribution in [-0.2, 0) is 4.74 Å². The second kappa shape index (κ2) is 6.82. The van der Waals surface area contributed by atoms with Crippen molar-refractivity contribution in [1.82, 2.24) is 4.98 Å². The quantitative estimate of drug-likeness (QED) is 0.683. The predicted octanol–water partition coefficient (Wildman–Crippen LogP) is 3.92. The highest BCUT2D eigenvalue weighted by atomic mass is 32.1. The van der Waals surface area contributed by atoms with Gasteiger partial charge in [-0.25, -0.2) is 18.0 Å². The number of hydrogen-bond acceptors (Lipinski definition) is 5. The summed E-state index contributed by atoms with van der Waals surface area (Å²) in [6.45, 7) is 1.93. The second-order valence-corrected chi connectivity index (χ2v) is 6.99. The number of carboxylic acid groups (broad SMARTS) is 1. The topological polar surface area (TPSA) is 62.7 Å². The van der Waals surface area contributed by atoms with Crippen LogP contribution in [0.1, 0.15) is 9.67 Å². The van der Waals surface area contributed by atoms with Crippen LogP contribution in [0.3, 0.4) is 0 Å². The molecule has 0 spiro atoms. The van der Waals surface area contributed by atoms with Crippen LogP contribution >= 0.6 is 11.3 Å². The first-order valence-corrected chi connectivity index (χ1v) is 8.91. The van der Waals surface area contributed by atoms with E-state index in [9.17, 15) is 23.1 Å². The standard InChI is InChI=1S/C18H13F3N2O3S/c19-9-7-11(13(21)12(20)8-9)14-16-10(1-2-22-14)15(17(27-16)18(24)25)23-3-5-26-6-4-23/h1-2,7-8H,3-6H2,(H,24,25). The van der Waals surface area contributed by atoms with Crippen LogP contribution in [0.2, 0.25) is 0 Å². The molecule has 27 heavy (non-hydrogen) atoms. The molecule has 4 rings (SSSR count). The monoisotopic (exact) mass is 394 g/mol. The number of fused-ring (bicyclic) bond motifs is 1. The van der Waals surface area contributed by atoms with Gasteiger partial charge in [-0.1, -0.05) is 0 Å². The van der Waals surface area contributed by atoms with E-state index in [2.05, 4.69) is 4.98 Å². The maximum atomic E-state index is 14.3. The third kappa shape index (κ3) is 3.02. The smallest absolute Gasteiger partial charge is 0.348 e. The van der Waals surface area contributed by atoms with E-state index in [1.807, 2.05) is 4.90 Å². The number of ether oxygens (including phenoxy) is 1. The van der Waals surface area contributed by atoms with Crippen LogP contribution in [0.5, 0.6) is 0 Å². The molecule has 5 nitrogen and oxygen atoms in total. The van der Waals surface area contributed by atoms with Gasteiger partial charge in [0.05, 0.1) is 29.3 Å². The third-order valence-corrected chi connectivity index (χ3v) is 5.54. The number of carbonyl (C=O) groups is 1. The minimum absolute atomic E-state index is 0.00964. The molecule has 1 aromatic carbocycles. The number of nitrogens with zero attached hydrogens (tertiary/aromatic N) is 2. The zero-order valence-corrected chi connectivity index (χ0v) is 14.7. The van der Waals surface area contributed by atoms with Crippen molar-refractivity contribution < 1.29 is 27.8 Å². The summed E-state index contributed by atoms with van der Waals surface area (Å²) in [6, 6.07) is 2.93. The maximum Gasteiger partial charge on any atom is 0.348 e. The lowest BCUT2D eigenvalue weighted by atomic mass is 10.1. The van der Waals surface area contributed by atoms with E-state index in [0.29, 0.717) is 48.1 Å². The summed E-state index contributed by atoms with van der Waals surface area (Å²) in [7, 11) is 0. The molecule has 3 heterocycles. The molecular formula is C18H13F3N2O3S. The van der Waals surface area contributed by atoms with E-state index < -0.39 is 23.4 Å². The van der Waals surface area contributed by atoms with Crippen LogP contribution in [0.15, 0.2) is 24.4 Å². The van der Waals surface area contributed by atoms with E-state index >= 15 is 0 Å². The Hall–Kier alpha value is -2.65. The minimum Gasteiger partial charge on any atom is -0.477 e. The van der Waals surface area contributed by atoms with Gasteiger partial charge in [-0.05, 0) is 12.1 Å². The number of aromatic carboxylic acids is 1. The van der Waals surface area contributed by atoms with Gasteiger partial charge in [-0.3, -0.25) is 4.98 Å². The molecule has 2 aromatic heterocycles. The summed E-state index contributed by atoms with van der Waals surface area (Å²) in [6.07, 6.45) is 1.38. The fourth-order valence-electron chi connectivity index (χ4n) is 3.18. The van der Waals surface area contributed by atoms with Crippen molar-refractivity contribution in [2.75, 3.05) is 31.2 Å². The Labute approximate surface area is 155 Å². The van der Waals surface area contributed by atoms with Crippen LogP contribution < -0.4 is 4.90 Å². The van der Waals surface area contributed by atoms with Gasteiger partial charge in [0.1, 0.15) is 10.7 Å². The number of rotatable bonds is 3. The number of hydrogen-bond donors (Lipinski definition) is 1. The number of halogens is 3. The molecule has 0 radical (unpaired) electrons. The van der Waals surface area contributed by atoms with E-state index in [4.69, 9.17) is 4.74 Å². The van der Waals surface area contributed by atoms with Crippen molar-refractivity contribution in [3.63, 3.8) is 0 Å². The van der Waals surface area contributed by atoms with Gasteiger partial charge in [-0.15, -0.1) is 11.3 Å². The lowest BCUT2D eigenvalue weighted by Gasteiger charge is -2.29. The van der Waals surface area contributed by atoms with Crippen LogP contribution in [0.4, 0.5) is 18.9 Å². The number of aromatic nitrogens is 1. The van der Waals surface area contributed by atoms with Crippen LogP contribution in [0, 0.1) is 17.5 Å². The fraction of sp³-hybridized carbons (Fsp3) is 0.222. The number of anilines is 1. The zero-order valence-electron chi connectivity index (χ0n) is 13.8. The van der Waals surface area contributed by atoms with E-state index in [0.717, 1.165) is 17.4 Å². The Morgan fingerprint density at radius 3 is 2.67 bits per heavy atom. The summed E-state index contributed by atoms with van der Waals surface area (Å²) in [5.41, 5.74) is 0.159. The lowest BCUT2D eigenvalue weighted by molar-refractivity contribution is 0.0701. The molecule has 0 aliphatic carbocycles. The summed E-state index contributed by atoms with van der Waals surface area (Å²) < 4.78 is 47.3. The zero-order chi connectivity index (χ0) is 19.1. The maximum absolute atomic E-state index is 14.3. The summed E-state index contributed by atoms with van der Waals surface area (Å²) in [5.74, 6) is -4.62. The molecule has 1 aliphatic rings. The molecule has 9 heteroatoms. The van der Waals surface area contributed by atoms with Crippen molar-refractivity contribution in [2.24, 2.45) is 0 Å². The first-order valence-electron chi connectivity index (χ1n) is 8.09. The number of benzene rings is 1. The van der Waals surface area contributed by atoms with Gasteiger partial charge >= 0.3 is 5.97 Å². The summed E-state index contributed by atoms with van der Waals surface area (Å²) in [4.78, 5) is 17.8. The van der Waals surface area contributed by atoms with Gasteiger partial charge in [0.2, 0.25) is 0 Å². The largest absolute Gasteiger partial charge is 0.477 e. The number of morpholine rings is 1. The van der Waals surface area contributed by atoms with Crippen molar-refractivity contribution in [3.05, 3.63) is 46.7 Å². The Morgan fingerprint density at radius 1 is 1.22 bits per heavy atom. The minimum atomic E-state index is -1.33. The van der Waals surface area contributed by atoms with Gasteiger partial charge in [0, 0.05) is 36.3 Å². The average molecular weight is 394 g/mol. The molecule has 1 saturated heterocycles. The summed E-state index contributed by atoms with van der Waals surface area (Å²) >= 11 is 0.911. The van der Waals surface area contributed by atoms with Crippen molar-refractivity contribution >= 4 is 33.1 Å². The molecule has 0 bridgehead atoms. The number of carboxylic acids is 1. The predicted molar refractivity (Wildman–Crippen MR) is 94.9 cm³/mol. The Kier molecular flexibility index (Phi) is 4.48. The fourth-order valence-corrected chi connectivity index (χ4v) is 4.34. The van der Waals surface area contributed by atoms with E-state index in [1.54, 1.807) is 6.07 Å². The van der Waals surface area contributed by atoms with Gasteiger partial charge < -0.3 is 14.7 Å². The molecule has 140 valence electrons. The SMILES string of the molecule is O=C(O)c1sc2c(-c3cc(F)cc(F)c3F)nccc2c1N1CCOCC1. The third-order valence-electron chi connectivity index (χ3n) is 4.35. The Bertz CT molecular complexity index is 1050. The number of pyridine rings is 1. The van der Waals surface area contributed by atoms with Crippen LogP contribution in [-0.4, -0.2) is 42.4 Å². The van der Waals surface area contributed by atoms with Crippen molar-refractivity contribution in [3.8, 4) is 11.3 Å². The van der Waals surface area contributed by atoms with Gasteiger partial charge in [-0.2, -0.15) is 0 Å². The molecule has 0 unspecified atom stereocenters. The molecule has 1 N–H and O–H groups in total. The molecular weight excluding hydrogens is 381 g/mol. The molecule has 1 fully saturated rings. The van der Waals surface area contributed by atoms with E-state index in [-0.39, 0.29) is 16.1 Å². The molecule has 0 atom stereocenters. The Morgan fingerprint density at radius 2 is 1.96 bits per heavy atom. The molecule has 3 aromatic rings. The molecule has 0 saturated carbocycles. The van der Waals surface area contributed by atoms with Gasteiger partial charge in [0.15, 0.2) is 11.6 Å². The van der Waals surface area contributed by atoms with E-state index in [1.165, 1.54) is 6.20 Å². The lowest BCUT2D eigenvalue weighted by Crippen LogP contribution is -2.36. The Balaban J connectivity index is 1.99. The first-order chi connectivity index (χ1) is 13.0. The molecule has 0 amide bonds. The van der Waals surface area contributed by atoms with Crippen LogP contribution in [0.25, 0.3) is 21.3 Å². The van der Waals surface area contributed by atoms with Crippen molar-refractivity contribution in [2.45, 2.75) is 0 Å². The highest BCUT2D eigenvalue weighted by molar-refractivity contribution is 7.22. The molecule has 1 aliphatic heterocycles. The van der Waals surface area contributed by atoms with Crippen molar-refractivity contribution in [1.29, 1.82) is 0 Å². The average Bonchev–Trinajstić information content (AvgIpc) is 3.05. The highest BCUT2D eigenvalue weighted by Gasteiger charge is 2.27. The first kappa shape index (κ1) is 17.7. The normalized spacial score (nSPS) is 14.7. The summed E-state index contributed by atoms with van der Waals surface area (Å²) in [5, 5.41) is 10.2. The number of thiophene rings is 1. The second-order valence-electron chi connectivity index (χ2n) is 5.97. The van der Waals surface area contributed by atoms with Gasteiger partial charge in [0.25, 0.3) is 0 Å².